The van der Waals surface area contributed by atoms with Gasteiger partial charge in [-0.05, 0) is 82.7 Å². The first kappa shape index (κ1) is 56.0. The van der Waals surface area contributed by atoms with Crippen LogP contribution < -0.4 is 0 Å². The van der Waals surface area contributed by atoms with Crippen LogP contribution in [0.2, 0.25) is 0 Å². The lowest BCUT2D eigenvalue weighted by Crippen LogP contribution is -2.34. The number of nitrogens with zero attached hydrogens (tertiary/aromatic N) is 1. The van der Waals surface area contributed by atoms with Gasteiger partial charge in [-0.25, -0.2) is 0 Å². The molecule has 2 fully saturated rings. The number of piperidine rings is 1. The highest BCUT2D eigenvalue weighted by Crippen LogP contribution is 2.36. The zero-order valence-electron chi connectivity index (χ0n) is 41.2. The van der Waals surface area contributed by atoms with Crippen LogP contribution in [0.5, 0.6) is 0 Å². The molecule has 2 aliphatic rings. The smallest absolute Gasteiger partial charge is 0.305 e. The second-order valence-corrected chi connectivity index (χ2v) is 19.6. The molecule has 0 aliphatic carbocycles. The van der Waals surface area contributed by atoms with Gasteiger partial charge in [-0.3, -0.25) is 9.59 Å². The second-order valence-electron chi connectivity index (χ2n) is 19.6. The predicted octanol–water partition coefficient (Wildman–Crippen LogP) is 15.6. The Bertz CT molecular complexity index is 922. The Kier molecular flexibility index (Phi) is 36.0. The van der Waals surface area contributed by atoms with Gasteiger partial charge in [0.05, 0.1) is 25.9 Å². The fourth-order valence-corrected chi connectivity index (χ4v) is 9.82. The van der Waals surface area contributed by atoms with E-state index in [-0.39, 0.29) is 18.0 Å². The molecule has 1 unspecified atom stereocenters. The Labute approximate surface area is 379 Å². The Morgan fingerprint density at radius 3 is 1.36 bits per heavy atom. The van der Waals surface area contributed by atoms with Gasteiger partial charge in [0, 0.05) is 32.2 Å². The van der Waals surface area contributed by atoms with Gasteiger partial charge in [0.1, 0.15) is 0 Å². The van der Waals surface area contributed by atoms with Crippen LogP contribution in [0.15, 0.2) is 0 Å². The van der Waals surface area contributed by atoms with Crippen LogP contribution in [0.1, 0.15) is 272 Å². The molecule has 360 valence electrons. The van der Waals surface area contributed by atoms with Crippen molar-refractivity contribution in [3.8, 4) is 0 Å². The standard InChI is InChI=1S/C54H103NO6/c1-5-9-22-32-49(33-23-10-6-2)39-46-58-52(56)36-26-17-13-15-19-28-41-54(60-48-51(61-54)38-45-55-43-30-21-31-44-55)42-29-20-16-14-18-27-37-53(57)59-47-40-50(34-24-11-7-3)35-25-12-8-4/h49-51H,5-48H2,1-4H3. The molecule has 0 bridgehead atoms. The number of carbonyl (C=O) groups excluding carboxylic acids is 2. The summed E-state index contributed by atoms with van der Waals surface area (Å²) in [5.74, 6) is 0.999. The van der Waals surface area contributed by atoms with Crippen molar-refractivity contribution in [3.05, 3.63) is 0 Å². The van der Waals surface area contributed by atoms with Gasteiger partial charge in [-0.15, -0.1) is 0 Å². The van der Waals surface area contributed by atoms with Crippen molar-refractivity contribution in [1.82, 2.24) is 4.90 Å². The molecule has 0 aromatic heterocycles. The summed E-state index contributed by atoms with van der Waals surface area (Å²) in [5, 5.41) is 0. The van der Waals surface area contributed by atoms with Crippen molar-refractivity contribution in [2.24, 2.45) is 11.8 Å². The summed E-state index contributed by atoms with van der Waals surface area (Å²) >= 11 is 0. The normalized spacial score (nSPS) is 16.9. The second kappa shape index (κ2) is 39.2. The van der Waals surface area contributed by atoms with Gasteiger partial charge in [0.15, 0.2) is 5.79 Å². The van der Waals surface area contributed by atoms with Crippen molar-refractivity contribution in [1.29, 1.82) is 0 Å². The van der Waals surface area contributed by atoms with Crippen LogP contribution in [-0.2, 0) is 28.5 Å². The van der Waals surface area contributed by atoms with Crippen molar-refractivity contribution < 1.29 is 28.5 Å². The minimum atomic E-state index is -0.421. The van der Waals surface area contributed by atoms with Gasteiger partial charge < -0.3 is 23.8 Å². The molecular weight excluding hydrogens is 759 g/mol. The number of ether oxygens (including phenoxy) is 4. The maximum Gasteiger partial charge on any atom is 0.305 e. The van der Waals surface area contributed by atoms with Crippen LogP contribution >= 0.6 is 0 Å². The highest BCUT2D eigenvalue weighted by atomic mass is 16.7. The lowest BCUT2D eigenvalue weighted by molar-refractivity contribution is -0.180. The molecule has 1 atom stereocenters. The van der Waals surface area contributed by atoms with E-state index in [1.807, 2.05) is 0 Å². The lowest BCUT2D eigenvalue weighted by atomic mass is 9.92. The lowest BCUT2D eigenvalue weighted by Gasteiger charge is -2.30. The number of likely N-dealkylation sites (tertiary alicyclic amines) is 1. The molecule has 61 heavy (non-hydrogen) atoms. The summed E-state index contributed by atoms with van der Waals surface area (Å²) < 4.78 is 24.8. The molecule has 2 rings (SSSR count). The Morgan fingerprint density at radius 2 is 0.934 bits per heavy atom. The molecule has 0 N–H and O–H groups in total. The molecule has 2 saturated heterocycles. The van der Waals surface area contributed by atoms with Crippen molar-refractivity contribution in [2.75, 3.05) is 39.5 Å². The van der Waals surface area contributed by atoms with E-state index in [1.165, 1.54) is 174 Å². The average Bonchev–Trinajstić information content (AvgIpc) is 3.67. The molecule has 0 amide bonds. The molecule has 0 radical (unpaired) electrons. The van der Waals surface area contributed by atoms with Crippen LogP contribution in [0.3, 0.4) is 0 Å². The van der Waals surface area contributed by atoms with Gasteiger partial charge in [-0.1, -0.05) is 188 Å². The molecule has 0 aromatic rings. The quantitative estimate of drug-likeness (QED) is 0.0446. The Balaban J connectivity index is 1.62. The monoisotopic (exact) mass is 862 g/mol. The molecule has 7 nitrogen and oxygen atoms in total. The van der Waals surface area contributed by atoms with E-state index in [1.54, 1.807) is 0 Å². The molecule has 0 spiro atoms. The first-order valence-electron chi connectivity index (χ1n) is 27.3. The summed E-state index contributed by atoms with van der Waals surface area (Å²) in [7, 11) is 0. The third-order valence-corrected chi connectivity index (χ3v) is 13.9. The molecular formula is C54H103NO6. The van der Waals surface area contributed by atoms with Gasteiger partial charge in [-0.2, -0.15) is 0 Å². The van der Waals surface area contributed by atoms with Crippen molar-refractivity contribution >= 4 is 11.9 Å². The minimum absolute atomic E-state index is 0.00189. The summed E-state index contributed by atoms with van der Waals surface area (Å²) in [6.07, 6.45) is 44.7. The maximum atomic E-state index is 12.5. The van der Waals surface area contributed by atoms with Crippen molar-refractivity contribution in [2.45, 2.75) is 284 Å². The minimum Gasteiger partial charge on any atom is -0.466 e. The molecule has 0 saturated carbocycles. The fraction of sp³-hybridized carbons (Fsp3) is 0.963. The average molecular weight is 862 g/mol. The van der Waals surface area contributed by atoms with Gasteiger partial charge in [0.25, 0.3) is 0 Å². The van der Waals surface area contributed by atoms with Crippen LogP contribution in [0.25, 0.3) is 0 Å². The van der Waals surface area contributed by atoms with Crippen LogP contribution in [0, 0.1) is 11.8 Å². The summed E-state index contributed by atoms with van der Waals surface area (Å²) in [5.41, 5.74) is 0. The van der Waals surface area contributed by atoms with E-state index in [2.05, 4.69) is 32.6 Å². The first-order valence-corrected chi connectivity index (χ1v) is 27.3. The molecule has 2 aliphatic heterocycles. The zero-order chi connectivity index (χ0) is 43.9. The number of hydrogen-bond donors (Lipinski definition) is 0. The third-order valence-electron chi connectivity index (χ3n) is 13.9. The first-order chi connectivity index (χ1) is 29.9. The fourth-order valence-electron chi connectivity index (χ4n) is 9.82. The maximum absolute atomic E-state index is 12.5. The number of unbranched alkanes of at least 4 members (excludes halogenated alkanes) is 18. The summed E-state index contributed by atoms with van der Waals surface area (Å²) in [6, 6.07) is 0. The van der Waals surface area contributed by atoms with E-state index >= 15 is 0 Å². The molecule has 7 heteroatoms. The zero-order valence-corrected chi connectivity index (χ0v) is 41.2. The summed E-state index contributed by atoms with van der Waals surface area (Å²) in [6.45, 7) is 14.6. The van der Waals surface area contributed by atoms with Gasteiger partial charge >= 0.3 is 11.9 Å². The number of hydrogen-bond acceptors (Lipinski definition) is 7. The highest BCUT2D eigenvalue weighted by Gasteiger charge is 2.40. The molecule has 2 heterocycles. The molecule has 0 aromatic carbocycles. The predicted molar refractivity (Wildman–Crippen MR) is 257 cm³/mol. The highest BCUT2D eigenvalue weighted by molar-refractivity contribution is 5.69. The van der Waals surface area contributed by atoms with Crippen molar-refractivity contribution in [3.63, 3.8) is 0 Å². The van der Waals surface area contributed by atoms with E-state index in [0.29, 0.717) is 37.9 Å². The Hall–Kier alpha value is -1.18. The van der Waals surface area contributed by atoms with E-state index in [9.17, 15) is 9.59 Å². The van der Waals surface area contributed by atoms with Gasteiger partial charge in [0.2, 0.25) is 0 Å². The van der Waals surface area contributed by atoms with E-state index in [0.717, 1.165) is 83.8 Å². The largest absolute Gasteiger partial charge is 0.466 e. The number of esters is 2. The topological polar surface area (TPSA) is 74.3 Å². The third kappa shape index (κ3) is 30.6. The number of carbonyl (C=O) groups is 2. The summed E-state index contributed by atoms with van der Waals surface area (Å²) in [4.78, 5) is 27.5. The van der Waals surface area contributed by atoms with E-state index < -0.39 is 5.79 Å². The SMILES string of the molecule is CCCCCC(CCCCC)CCOC(=O)CCCCCCCCC1(CCCCCCCCC(=O)OCCC(CCCCC)CCCCC)OCC(CCN2CCCCC2)O1. The van der Waals surface area contributed by atoms with Crippen LogP contribution in [0.4, 0.5) is 0 Å². The Morgan fingerprint density at radius 1 is 0.525 bits per heavy atom. The van der Waals surface area contributed by atoms with E-state index in [4.69, 9.17) is 18.9 Å². The number of rotatable bonds is 43. The van der Waals surface area contributed by atoms with Crippen LogP contribution in [-0.4, -0.2) is 68.2 Å².